The van der Waals surface area contributed by atoms with Crippen molar-refractivity contribution in [2.24, 2.45) is 0 Å². The van der Waals surface area contributed by atoms with Gasteiger partial charge in [-0.2, -0.15) is 9.57 Å². The first kappa shape index (κ1) is 17.4. The molecule has 1 aliphatic heterocycles. The molecule has 0 aliphatic carbocycles. The fourth-order valence-corrected chi connectivity index (χ4v) is 4.26. The second-order valence-electron chi connectivity index (χ2n) is 5.88. The van der Waals surface area contributed by atoms with Crippen molar-refractivity contribution in [3.8, 4) is 11.9 Å². The van der Waals surface area contributed by atoms with E-state index in [1.807, 2.05) is 25.1 Å². The summed E-state index contributed by atoms with van der Waals surface area (Å²) in [4.78, 5) is 4.37. The summed E-state index contributed by atoms with van der Waals surface area (Å²) in [6.45, 7) is 2.71. The summed E-state index contributed by atoms with van der Waals surface area (Å²) in [5.41, 5.74) is 1.56. The van der Waals surface area contributed by atoms with Crippen LogP contribution in [-0.4, -0.2) is 36.9 Å². The van der Waals surface area contributed by atoms with Crippen molar-refractivity contribution in [1.82, 2.24) is 9.29 Å². The summed E-state index contributed by atoms with van der Waals surface area (Å²) in [5.74, 6) is 0.343. The first-order valence-electron chi connectivity index (χ1n) is 8.15. The van der Waals surface area contributed by atoms with E-state index < -0.39 is 10.0 Å². The van der Waals surface area contributed by atoms with Gasteiger partial charge in [0.05, 0.1) is 23.1 Å². The zero-order chi connectivity index (χ0) is 17.9. The maximum atomic E-state index is 12.7. The Morgan fingerprint density at radius 1 is 1.32 bits per heavy atom. The van der Waals surface area contributed by atoms with Gasteiger partial charge < -0.3 is 4.74 Å². The number of aromatic nitrogens is 1. The van der Waals surface area contributed by atoms with Gasteiger partial charge in [-0.3, -0.25) is 0 Å². The van der Waals surface area contributed by atoms with Crippen molar-refractivity contribution in [3.05, 3.63) is 53.7 Å². The highest BCUT2D eigenvalue weighted by atomic mass is 32.2. The van der Waals surface area contributed by atoms with Gasteiger partial charge in [0.25, 0.3) is 0 Å². The van der Waals surface area contributed by atoms with E-state index in [2.05, 4.69) is 4.98 Å². The Kier molecular flexibility index (Phi) is 5.02. The monoisotopic (exact) mass is 357 g/mol. The Morgan fingerprint density at radius 2 is 2.08 bits per heavy atom. The smallest absolute Gasteiger partial charge is 0.243 e. The van der Waals surface area contributed by atoms with Crippen LogP contribution in [0.3, 0.4) is 0 Å². The van der Waals surface area contributed by atoms with Crippen molar-refractivity contribution in [2.75, 3.05) is 13.1 Å². The van der Waals surface area contributed by atoms with Gasteiger partial charge in [-0.05, 0) is 36.6 Å². The summed E-state index contributed by atoms with van der Waals surface area (Å²) >= 11 is 0. The van der Waals surface area contributed by atoms with E-state index in [1.165, 1.54) is 10.5 Å². The molecule has 1 aliphatic rings. The fraction of sp³-hybridized carbons (Fsp3) is 0.333. The number of aryl methyl sites for hydroxylation is 1. The standard InChI is InChI=1S/C18H19N3O3S/c1-2-14-3-5-17(6-4-14)25(22,23)21-10-8-16(13-21)24-18-11-15(12-19)7-9-20-18/h3-7,9,11,16H,2,8,10,13H2,1H3. The predicted molar refractivity (Wildman–Crippen MR) is 92.6 cm³/mol. The maximum Gasteiger partial charge on any atom is 0.243 e. The van der Waals surface area contributed by atoms with Crippen LogP contribution in [-0.2, 0) is 16.4 Å². The van der Waals surface area contributed by atoms with Crippen LogP contribution in [0.4, 0.5) is 0 Å². The summed E-state index contributed by atoms with van der Waals surface area (Å²) in [7, 11) is -3.52. The molecule has 6 nitrogen and oxygen atoms in total. The quantitative estimate of drug-likeness (QED) is 0.820. The van der Waals surface area contributed by atoms with Crippen LogP contribution >= 0.6 is 0 Å². The van der Waals surface area contributed by atoms with Crippen LogP contribution in [0, 0.1) is 11.3 Å². The molecule has 0 N–H and O–H groups in total. The zero-order valence-corrected chi connectivity index (χ0v) is 14.7. The van der Waals surface area contributed by atoms with E-state index in [9.17, 15) is 8.42 Å². The average Bonchev–Trinajstić information content (AvgIpc) is 3.11. The third-order valence-electron chi connectivity index (χ3n) is 4.23. The first-order chi connectivity index (χ1) is 12.0. The van der Waals surface area contributed by atoms with E-state index in [0.717, 1.165) is 12.0 Å². The van der Waals surface area contributed by atoms with Crippen LogP contribution in [0.5, 0.6) is 5.88 Å². The van der Waals surface area contributed by atoms with E-state index in [-0.39, 0.29) is 12.6 Å². The third kappa shape index (κ3) is 3.81. The summed E-state index contributed by atoms with van der Waals surface area (Å²) in [6.07, 6.45) is 2.69. The predicted octanol–water partition coefficient (Wildman–Crippen LogP) is 2.36. The van der Waals surface area contributed by atoms with Crippen molar-refractivity contribution in [1.29, 1.82) is 5.26 Å². The molecule has 1 aromatic carbocycles. The molecular formula is C18H19N3O3S. The van der Waals surface area contributed by atoms with E-state index >= 15 is 0 Å². The SMILES string of the molecule is CCc1ccc(S(=O)(=O)N2CCC(Oc3cc(C#N)ccn3)C2)cc1. The molecule has 1 saturated heterocycles. The van der Waals surface area contributed by atoms with Gasteiger partial charge in [0.2, 0.25) is 15.9 Å². The topological polar surface area (TPSA) is 83.3 Å². The number of hydrogen-bond acceptors (Lipinski definition) is 5. The Balaban J connectivity index is 1.69. The van der Waals surface area contributed by atoms with Gasteiger partial charge in [0.1, 0.15) is 6.10 Å². The number of pyridine rings is 1. The first-order valence-corrected chi connectivity index (χ1v) is 9.59. The minimum atomic E-state index is -3.52. The molecule has 7 heteroatoms. The van der Waals surface area contributed by atoms with E-state index in [4.69, 9.17) is 10.00 Å². The molecule has 0 spiro atoms. The Morgan fingerprint density at radius 3 is 2.76 bits per heavy atom. The number of hydrogen-bond donors (Lipinski definition) is 0. The van der Waals surface area contributed by atoms with Crippen molar-refractivity contribution < 1.29 is 13.2 Å². The van der Waals surface area contributed by atoms with E-state index in [0.29, 0.717) is 29.3 Å². The van der Waals surface area contributed by atoms with Gasteiger partial charge >= 0.3 is 0 Å². The molecule has 3 rings (SSSR count). The molecule has 1 unspecified atom stereocenters. The molecule has 2 aromatic rings. The molecule has 1 fully saturated rings. The van der Waals surface area contributed by atoms with Crippen LogP contribution in [0.2, 0.25) is 0 Å². The summed E-state index contributed by atoms with van der Waals surface area (Å²) in [5, 5.41) is 8.91. The number of nitriles is 1. The number of sulfonamides is 1. The van der Waals surface area contributed by atoms with Crippen LogP contribution in [0.25, 0.3) is 0 Å². The highest BCUT2D eigenvalue weighted by Gasteiger charge is 2.33. The summed E-state index contributed by atoms with van der Waals surface area (Å²) < 4.78 is 32.7. The highest BCUT2D eigenvalue weighted by Crippen LogP contribution is 2.24. The third-order valence-corrected chi connectivity index (χ3v) is 6.11. The largest absolute Gasteiger partial charge is 0.473 e. The zero-order valence-electron chi connectivity index (χ0n) is 13.9. The average molecular weight is 357 g/mol. The molecule has 0 radical (unpaired) electrons. The lowest BCUT2D eigenvalue weighted by molar-refractivity contribution is 0.207. The van der Waals surface area contributed by atoms with Gasteiger partial charge in [-0.25, -0.2) is 13.4 Å². The van der Waals surface area contributed by atoms with Gasteiger partial charge in [0.15, 0.2) is 0 Å². The van der Waals surface area contributed by atoms with Crippen LogP contribution in [0.1, 0.15) is 24.5 Å². The summed E-state index contributed by atoms with van der Waals surface area (Å²) in [6, 6.07) is 12.2. The fourth-order valence-electron chi connectivity index (χ4n) is 2.77. The van der Waals surface area contributed by atoms with Gasteiger partial charge in [-0.1, -0.05) is 19.1 Å². The van der Waals surface area contributed by atoms with Crippen molar-refractivity contribution in [2.45, 2.75) is 30.8 Å². The molecule has 2 heterocycles. The lowest BCUT2D eigenvalue weighted by Crippen LogP contribution is -2.31. The van der Waals surface area contributed by atoms with Crippen molar-refractivity contribution in [3.63, 3.8) is 0 Å². The highest BCUT2D eigenvalue weighted by molar-refractivity contribution is 7.89. The lowest BCUT2D eigenvalue weighted by Gasteiger charge is -2.17. The molecule has 0 bridgehead atoms. The molecule has 1 aromatic heterocycles. The normalized spacial score (nSPS) is 18.0. The molecule has 0 amide bonds. The second-order valence-corrected chi connectivity index (χ2v) is 7.82. The molecular weight excluding hydrogens is 338 g/mol. The van der Waals surface area contributed by atoms with Crippen LogP contribution in [0.15, 0.2) is 47.5 Å². The van der Waals surface area contributed by atoms with Crippen LogP contribution < -0.4 is 4.74 Å². The number of benzene rings is 1. The number of ether oxygens (including phenoxy) is 1. The van der Waals surface area contributed by atoms with E-state index in [1.54, 1.807) is 24.3 Å². The molecule has 25 heavy (non-hydrogen) atoms. The molecule has 130 valence electrons. The van der Waals surface area contributed by atoms with Crippen molar-refractivity contribution >= 4 is 10.0 Å². The maximum absolute atomic E-state index is 12.7. The molecule has 1 atom stereocenters. The Hall–Kier alpha value is -2.43. The molecule has 0 saturated carbocycles. The minimum absolute atomic E-state index is 0.272. The Labute approximate surface area is 147 Å². The number of nitrogens with zero attached hydrogens (tertiary/aromatic N) is 3. The minimum Gasteiger partial charge on any atom is -0.473 e. The second kappa shape index (κ2) is 7.21. The number of rotatable bonds is 5. The van der Waals surface area contributed by atoms with Gasteiger partial charge in [0, 0.05) is 18.8 Å². The Bertz CT molecular complexity index is 889. The van der Waals surface area contributed by atoms with Gasteiger partial charge in [-0.15, -0.1) is 0 Å². The lowest BCUT2D eigenvalue weighted by atomic mass is 10.2.